The lowest BCUT2D eigenvalue weighted by molar-refractivity contribution is 0.0827. The van der Waals surface area contributed by atoms with E-state index in [1.807, 2.05) is 0 Å². The van der Waals surface area contributed by atoms with Crippen LogP contribution in [-0.2, 0) is 4.74 Å². The lowest BCUT2D eigenvalue weighted by Crippen LogP contribution is -2.48. The predicted molar refractivity (Wildman–Crippen MR) is 75.5 cm³/mol. The molecule has 104 valence electrons. The molecule has 0 radical (unpaired) electrons. The Labute approximate surface area is 108 Å². The number of nitrogens with one attached hydrogen (secondary N) is 1. The van der Waals surface area contributed by atoms with Crippen LogP contribution in [-0.4, -0.2) is 49.8 Å². The molecule has 0 aliphatic heterocycles. The van der Waals surface area contributed by atoms with Gasteiger partial charge in [-0.2, -0.15) is 0 Å². The fourth-order valence-corrected chi connectivity index (χ4v) is 2.03. The Morgan fingerprint density at radius 1 is 1.12 bits per heavy atom. The summed E-state index contributed by atoms with van der Waals surface area (Å²) in [4.78, 5) is 2.52. The van der Waals surface area contributed by atoms with Crippen molar-refractivity contribution in [1.29, 1.82) is 0 Å². The van der Waals surface area contributed by atoms with Crippen LogP contribution in [0.1, 0.15) is 41.5 Å². The van der Waals surface area contributed by atoms with Crippen LogP contribution in [0.3, 0.4) is 0 Å². The Bertz CT molecular complexity index is 172. The van der Waals surface area contributed by atoms with Gasteiger partial charge in [-0.15, -0.1) is 0 Å². The van der Waals surface area contributed by atoms with Crippen LogP contribution in [0.2, 0.25) is 0 Å². The van der Waals surface area contributed by atoms with Gasteiger partial charge in [0.05, 0.1) is 6.61 Å². The van der Waals surface area contributed by atoms with Gasteiger partial charge >= 0.3 is 0 Å². The molecule has 0 aromatic heterocycles. The summed E-state index contributed by atoms with van der Waals surface area (Å²) in [5.41, 5.74) is 0. The van der Waals surface area contributed by atoms with Gasteiger partial charge in [0.2, 0.25) is 0 Å². The third-order valence-electron chi connectivity index (χ3n) is 3.11. The fraction of sp³-hybridized carbons (Fsp3) is 1.00. The van der Waals surface area contributed by atoms with Crippen molar-refractivity contribution in [3.05, 3.63) is 0 Å². The second-order valence-electron chi connectivity index (χ2n) is 5.20. The maximum atomic E-state index is 5.46. The molecule has 0 rings (SSSR count). The summed E-state index contributed by atoms with van der Waals surface area (Å²) < 4.78 is 5.46. The minimum atomic E-state index is 0.557. The van der Waals surface area contributed by atoms with Crippen LogP contribution in [0.25, 0.3) is 0 Å². The number of hydrogen-bond acceptors (Lipinski definition) is 3. The maximum Gasteiger partial charge on any atom is 0.0593 e. The van der Waals surface area contributed by atoms with Gasteiger partial charge in [-0.25, -0.2) is 0 Å². The van der Waals surface area contributed by atoms with Crippen LogP contribution >= 0.6 is 0 Å². The van der Waals surface area contributed by atoms with E-state index in [0.717, 1.165) is 32.8 Å². The molecular formula is C14H32N2O. The van der Waals surface area contributed by atoms with E-state index in [2.05, 4.69) is 51.8 Å². The zero-order valence-electron chi connectivity index (χ0n) is 12.6. The highest BCUT2D eigenvalue weighted by Gasteiger charge is 2.20. The average molecular weight is 244 g/mol. The molecule has 0 saturated heterocycles. The van der Waals surface area contributed by atoms with Crippen molar-refractivity contribution in [2.24, 2.45) is 5.92 Å². The van der Waals surface area contributed by atoms with Crippen LogP contribution in [0, 0.1) is 5.92 Å². The first kappa shape index (κ1) is 16.9. The molecule has 1 unspecified atom stereocenters. The molecule has 0 amide bonds. The van der Waals surface area contributed by atoms with Gasteiger partial charge in [0.15, 0.2) is 0 Å². The summed E-state index contributed by atoms with van der Waals surface area (Å²) in [6.07, 6.45) is 0. The number of nitrogens with zero attached hydrogens (tertiary/aromatic N) is 1. The summed E-state index contributed by atoms with van der Waals surface area (Å²) >= 11 is 0. The molecule has 0 aliphatic rings. The minimum Gasteiger partial charge on any atom is -0.380 e. The standard InChI is InChI=1S/C14H32N2O/c1-7-16(9-10-17-8-2)14(12(3)4)11-15-13(5)6/h12-15H,7-11H2,1-6H3. The van der Waals surface area contributed by atoms with Gasteiger partial charge in [-0.1, -0.05) is 34.6 Å². The maximum absolute atomic E-state index is 5.46. The minimum absolute atomic E-state index is 0.557. The lowest BCUT2D eigenvalue weighted by Gasteiger charge is -2.34. The predicted octanol–water partition coefficient (Wildman–Crippen LogP) is 2.37. The summed E-state index contributed by atoms with van der Waals surface area (Å²) in [5, 5.41) is 3.55. The van der Waals surface area contributed by atoms with E-state index >= 15 is 0 Å². The Morgan fingerprint density at radius 3 is 2.18 bits per heavy atom. The topological polar surface area (TPSA) is 24.5 Å². The highest BCUT2D eigenvalue weighted by molar-refractivity contribution is 4.77. The van der Waals surface area contributed by atoms with Gasteiger partial charge in [-0.3, -0.25) is 4.90 Å². The normalized spacial score (nSPS) is 13.9. The Hall–Kier alpha value is -0.120. The summed E-state index contributed by atoms with van der Waals surface area (Å²) in [5.74, 6) is 0.669. The number of rotatable bonds is 10. The van der Waals surface area contributed by atoms with E-state index < -0.39 is 0 Å². The smallest absolute Gasteiger partial charge is 0.0593 e. The molecule has 3 nitrogen and oxygen atoms in total. The van der Waals surface area contributed by atoms with E-state index in [1.54, 1.807) is 0 Å². The zero-order valence-corrected chi connectivity index (χ0v) is 12.6. The molecule has 1 N–H and O–H groups in total. The van der Waals surface area contributed by atoms with Crippen molar-refractivity contribution < 1.29 is 4.74 Å². The van der Waals surface area contributed by atoms with Crippen LogP contribution in [0.5, 0.6) is 0 Å². The first-order valence-corrected chi connectivity index (χ1v) is 7.08. The van der Waals surface area contributed by atoms with E-state index in [9.17, 15) is 0 Å². The van der Waals surface area contributed by atoms with Gasteiger partial charge in [-0.05, 0) is 19.4 Å². The number of likely N-dealkylation sites (N-methyl/N-ethyl adjacent to an activating group) is 1. The van der Waals surface area contributed by atoms with Gasteiger partial charge in [0.1, 0.15) is 0 Å². The monoisotopic (exact) mass is 244 g/mol. The summed E-state index contributed by atoms with van der Waals surface area (Å²) in [7, 11) is 0. The molecule has 0 aromatic carbocycles. The molecule has 0 spiro atoms. The molecule has 0 aliphatic carbocycles. The molecule has 1 atom stereocenters. The lowest BCUT2D eigenvalue weighted by atomic mass is 10.0. The van der Waals surface area contributed by atoms with Crippen LogP contribution in [0.15, 0.2) is 0 Å². The molecule has 0 saturated carbocycles. The third kappa shape index (κ3) is 7.74. The van der Waals surface area contributed by atoms with E-state index in [-0.39, 0.29) is 0 Å². The van der Waals surface area contributed by atoms with Gasteiger partial charge in [0, 0.05) is 31.8 Å². The van der Waals surface area contributed by atoms with E-state index in [0.29, 0.717) is 18.0 Å². The fourth-order valence-electron chi connectivity index (χ4n) is 2.03. The number of hydrogen-bond donors (Lipinski definition) is 1. The molecule has 0 aromatic rings. The molecule has 0 bridgehead atoms. The van der Waals surface area contributed by atoms with Crippen molar-refractivity contribution in [3.8, 4) is 0 Å². The Morgan fingerprint density at radius 2 is 1.76 bits per heavy atom. The largest absolute Gasteiger partial charge is 0.380 e. The number of ether oxygens (including phenoxy) is 1. The summed E-state index contributed by atoms with van der Waals surface area (Å²) in [6.45, 7) is 18.1. The average Bonchev–Trinajstić information content (AvgIpc) is 2.26. The first-order chi connectivity index (χ1) is 8.02. The summed E-state index contributed by atoms with van der Waals surface area (Å²) in [6, 6.07) is 1.16. The van der Waals surface area contributed by atoms with Crippen molar-refractivity contribution in [3.63, 3.8) is 0 Å². The Balaban J connectivity index is 4.20. The van der Waals surface area contributed by atoms with Gasteiger partial charge in [0.25, 0.3) is 0 Å². The van der Waals surface area contributed by atoms with Crippen molar-refractivity contribution in [2.45, 2.75) is 53.6 Å². The molecular weight excluding hydrogens is 212 g/mol. The second kappa shape index (κ2) is 9.86. The molecule has 0 heterocycles. The molecule has 17 heavy (non-hydrogen) atoms. The second-order valence-corrected chi connectivity index (χ2v) is 5.20. The van der Waals surface area contributed by atoms with Crippen molar-refractivity contribution in [1.82, 2.24) is 10.2 Å². The van der Waals surface area contributed by atoms with E-state index in [1.165, 1.54) is 0 Å². The SMILES string of the molecule is CCOCCN(CC)C(CNC(C)C)C(C)C. The van der Waals surface area contributed by atoms with Crippen molar-refractivity contribution in [2.75, 3.05) is 32.8 Å². The van der Waals surface area contributed by atoms with Gasteiger partial charge < -0.3 is 10.1 Å². The quantitative estimate of drug-likeness (QED) is 0.597. The highest BCUT2D eigenvalue weighted by atomic mass is 16.5. The van der Waals surface area contributed by atoms with Crippen LogP contribution < -0.4 is 5.32 Å². The molecule has 3 heteroatoms. The molecule has 0 fully saturated rings. The Kier molecular flexibility index (Phi) is 9.79. The third-order valence-corrected chi connectivity index (χ3v) is 3.11. The van der Waals surface area contributed by atoms with E-state index in [4.69, 9.17) is 4.74 Å². The first-order valence-electron chi connectivity index (χ1n) is 7.08. The van der Waals surface area contributed by atoms with Crippen LogP contribution in [0.4, 0.5) is 0 Å². The van der Waals surface area contributed by atoms with Crippen molar-refractivity contribution >= 4 is 0 Å². The zero-order chi connectivity index (χ0) is 13.3. The highest BCUT2D eigenvalue weighted by Crippen LogP contribution is 2.10.